The van der Waals surface area contributed by atoms with Gasteiger partial charge in [-0.25, -0.2) is 4.79 Å². The Morgan fingerprint density at radius 1 is 1.45 bits per heavy atom. The molecule has 1 aliphatic heterocycles. The molecule has 110 valence electrons. The van der Waals surface area contributed by atoms with E-state index < -0.39 is 12.0 Å². The highest BCUT2D eigenvalue weighted by Gasteiger charge is 2.35. The van der Waals surface area contributed by atoms with E-state index in [1.54, 1.807) is 0 Å². The SMILES string of the molecule is CCCc1sc(C(=O)N2CCCC2C(=O)O)cc1CC. The van der Waals surface area contributed by atoms with E-state index in [0.717, 1.165) is 25.7 Å². The van der Waals surface area contributed by atoms with Gasteiger partial charge in [0.1, 0.15) is 6.04 Å². The minimum absolute atomic E-state index is 0.114. The Labute approximate surface area is 123 Å². The summed E-state index contributed by atoms with van der Waals surface area (Å²) in [4.78, 5) is 27.2. The van der Waals surface area contributed by atoms with Crippen molar-refractivity contribution in [3.05, 3.63) is 21.4 Å². The number of hydrogen-bond acceptors (Lipinski definition) is 3. The molecule has 0 spiro atoms. The number of nitrogens with zero attached hydrogens (tertiary/aromatic N) is 1. The summed E-state index contributed by atoms with van der Waals surface area (Å²) in [7, 11) is 0. The molecule has 1 aromatic heterocycles. The molecule has 0 bridgehead atoms. The summed E-state index contributed by atoms with van der Waals surface area (Å²) in [5, 5.41) is 9.18. The second kappa shape index (κ2) is 6.39. The lowest BCUT2D eigenvalue weighted by Crippen LogP contribution is -2.40. The quantitative estimate of drug-likeness (QED) is 0.908. The summed E-state index contributed by atoms with van der Waals surface area (Å²) in [6, 6.07) is 1.30. The van der Waals surface area contributed by atoms with Gasteiger partial charge < -0.3 is 10.0 Å². The van der Waals surface area contributed by atoms with Gasteiger partial charge in [0.15, 0.2) is 0 Å². The third kappa shape index (κ3) is 2.87. The molecule has 1 fully saturated rings. The van der Waals surface area contributed by atoms with Crippen LogP contribution < -0.4 is 0 Å². The predicted molar refractivity (Wildman–Crippen MR) is 79.4 cm³/mol. The Kier molecular flexibility index (Phi) is 4.81. The third-order valence-corrected chi connectivity index (χ3v) is 4.99. The van der Waals surface area contributed by atoms with Gasteiger partial charge in [0.05, 0.1) is 4.88 Å². The number of amides is 1. The van der Waals surface area contributed by atoms with Gasteiger partial charge in [-0.05, 0) is 37.3 Å². The van der Waals surface area contributed by atoms with Crippen molar-refractivity contribution in [3.63, 3.8) is 0 Å². The van der Waals surface area contributed by atoms with Gasteiger partial charge in [0, 0.05) is 11.4 Å². The van der Waals surface area contributed by atoms with Crippen LogP contribution in [0.5, 0.6) is 0 Å². The Morgan fingerprint density at radius 2 is 2.20 bits per heavy atom. The van der Waals surface area contributed by atoms with E-state index in [0.29, 0.717) is 17.8 Å². The van der Waals surface area contributed by atoms with E-state index in [1.165, 1.54) is 26.7 Å². The van der Waals surface area contributed by atoms with Crippen LogP contribution in [0, 0.1) is 0 Å². The van der Waals surface area contributed by atoms with Crippen molar-refractivity contribution in [1.82, 2.24) is 4.90 Å². The van der Waals surface area contributed by atoms with Crippen molar-refractivity contribution in [3.8, 4) is 0 Å². The smallest absolute Gasteiger partial charge is 0.326 e. The number of carbonyl (C=O) groups is 2. The van der Waals surface area contributed by atoms with Crippen LogP contribution in [-0.4, -0.2) is 34.5 Å². The number of carboxylic acids is 1. The van der Waals surface area contributed by atoms with Crippen LogP contribution in [0.25, 0.3) is 0 Å². The zero-order valence-corrected chi connectivity index (χ0v) is 12.8. The highest BCUT2D eigenvalue weighted by atomic mass is 32.1. The van der Waals surface area contributed by atoms with Crippen LogP contribution in [-0.2, 0) is 17.6 Å². The van der Waals surface area contributed by atoms with E-state index in [1.807, 2.05) is 6.07 Å². The second-order valence-electron chi connectivity index (χ2n) is 5.16. The van der Waals surface area contributed by atoms with Crippen LogP contribution in [0.2, 0.25) is 0 Å². The number of likely N-dealkylation sites (tertiary alicyclic amines) is 1. The van der Waals surface area contributed by atoms with Crippen LogP contribution in [0.3, 0.4) is 0 Å². The summed E-state index contributed by atoms with van der Waals surface area (Å²) < 4.78 is 0. The van der Waals surface area contributed by atoms with Crippen LogP contribution >= 0.6 is 11.3 Å². The first-order valence-corrected chi connectivity index (χ1v) is 8.05. The fourth-order valence-corrected chi connectivity index (χ4v) is 4.03. The van der Waals surface area contributed by atoms with Crippen molar-refractivity contribution in [2.45, 2.75) is 52.0 Å². The molecule has 1 N–H and O–H groups in total. The molecule has 4 nitrogen and oxygen atoms in total. The lowest BCUT2D eigenvalue weighted by Gasteiger charge is -2.20. The van der Waals surface area contributed by atoms with Crippen molar-refractivity contribution >= 4 is 23.2 Å². The zero-order chi connectivity index (χ0) is 14.7. The van der Waals surface area contributed by atoms with Gasteiger partial charge >= 0.3 is 5.97 Å². The van der Waals surface area contributed by atoms with Crippen molar-refractivity contribution < 1.29 is 14.7 Å². The van der Waals surface area contributed by atoms with E-state index >= 15 is 0 Å². The number of aryl methyl sites for hydroxylation is 2. The summed E-state index contributed by atoms with van der Waals surface area (Å²) >= 11 is 1.53. The normalized spacial score (nSPS) is 18.5. The molecule has 1 atom stereocenters. The first-order chi connectivity index (χ1) is 9.58. The molecule has 0 saturated carbocycles. The van der Waals surface area contributed by atoms with Gasteiger partial charge in [-0.15, -0.1) is 11.3 Å². The Hall–Kier alpha value is -1.36. The summed E-state index contributed by atoms with van der Waals surface area (Å²) in [6.07, 6.45) is 4.30. The largest absolute Gasteiger partial charge is 0.480 e. The predicted octanol–water partition coefficient (Wildman–Crippen LogP) is 2.95. The van der Waals surface area contributed by atoms with E-state index in [4.69, 9.17) is 0 Å². The maximum Gasteiger partial charge on any atom is 0.326 e. The molecular formula is C15H21NO3S. The van der Waals surface area contributed by atoms with E-state index in [2.05, 4.69) is 13.8 Å². The molecule has 0 aromatic carbocycles. The monoisotopic (exact) mass is 295 g/mol. The second-order valence-corrected chi connectivity index (χ2v) is 6.29. The Balaban J connectivity index is 2.22. The molecule has 0 aliphatic carbocycles. The molecule has 1 aromatic rings. The minimum atomic E-state index is -0.892. The molecule has 1 saturated heterocycles. The number of thiophene rings is 1. The van der Waals surface area contributed by atoms with Crippen molar-refractivity contribution in [2.24, 2.45) is 0 Å². The molecular weight excluding hydrogens is 274 g/mol. The standard InChI is InChI=1S/C15H21NO3S/c1-3-6-12-10(4-2)9-13(20-12)14(17)16-8-5-7-11(16)15(18)19/h9,11H,3-8H2,1-2H3,(H,18,19). The number of hydrogen-bond donors (Lipinski definition) is 1. The fraction of sp³-hybridized carbons (Fsp3) is 0.600. The Morgan fingerprint density at radius 3 is 2.80 bits per heavy atom. The van der Waals surface area contributed by atoms with Crippen LogP contribution in [0.1, 0.15) is 53.2 Å². The molecule has 1 aliphatic rings. The van der Waals surface area contributed by atoms with Gasteiger partial charge in [-0.3, -0.25) is 4.79 Å². The van der Waals surface area contributed by atoms with Crippen LogP contribution in [0.4, 0.5) is 0 Å². The molecule has 1 unspecified atom stereocenters. The average Bonchev–Trinajstić information content (AvgIpc) is 3.04. The van der Waals surface area contributed by atoms with E-state index in [-0.39, 0.29) is 5.91 Å². The molecule has 2 heterocycles. The molecule has 5 heteroatoms. The number of carbonyl (C=O) groups excluding carboxylic acids is 1. The number of carboxylic acid groups (broad SMARTS) is 1. The molecule has 0 radical (unpaired) electrons. The zero-order valence-electron chi connectivity index (χ0n) is 12.0. The highest BCUT2D eigenvalue weighted by molar-refractivity contribution is 7.14. The summed E-state index contributed by atoms with van der Waals surface area (Å²) in [6.45, 7) is 4.77. The molecule has 1 amide bonds. The van der Waals surface area contributed by atoms with Crippen molar-refractivity contribution in [1.29, 1.82) is 0 Å². The highest BCUT2D eigenvalue weighted by Crippen LogP contribution is 2.28. The first kappa shape index (κ1) is 15.0. The van der Waals surface area contributed by atoms with Gasteiger partial charge in [0.2, 0.25) is 0 Å². The maximum absolute atomic E-state index is 12.5. The van der Waals surface area contributed by atoms with Crippen molar-refractivity contribution in [2.75, 3.05) is 6.54 Å². The maximum atomic E-state index is 12.5. The minimum Gasteiger partial charge on any atom is -0.480 e. The lowest BCUT2D eigenvalue weighted by atomic mass is 10.1. The van der Waals surface area contributed by atoms with Gasteiger partial charge in [0.25, 0.3) is 5.91 Å². The summed E-state index contributed by atoms with van der Waals surface area (Å²) in [5.41, 5.74) is 1.23. The first-order valence-electron chi connectivity index (χ1n) is 7.23. The van der Waals surface area contributed by atoms with E-state index in [9.17, 15) is 14.7 Å². The van der Waals surface area contributed by atoms with Crippen LogP contribution in [0.15, 0.2) is 6.07 Å². The van der Waals surface area contributed by atoms with Gasteiger partial charge in [-0.1, -0.05) is 20.3 Å². The molecule has 20 heavy (non-hydrogen) atoms. The van der Waals surface area contributed by atoms with Gasteiger partial charge in [-0.2, -0.15) is 0 Å². The number of aliphatic carboxylic acids is 1. The topological polar surface area (TPSA) is 57.6 Å². The lowest BCUT2D eigenvalue weighted by molar-refractivity contribution is -0.141. The Bertz CT molecular complexity index is 509. The molecule has 2 rings (SSSR count). The average molecular weight is 295 g/mol. The summed E-state index contributed by atoms with van der Waals surface area (Å²) in [5.74, 6) is -1.01. The number of rotatable bonds is 5. The fourth-order valence-electron chi connectivity index (χ4n) is 2.72. The third-order valence-electron chi connectivity index (χ3n) is 3.76.